The molecule has 0 radical (unpaired) electrons. The van der Waals surface area contributed by atoms with E-state index in [1.807, 2.05) is 6.92 Å². The molecule has 0 aromatic heterocycles. The SMILES string of the molecule is CCCCCCC(F)(F)CCCCC. The maximum absolute atomic E-state index is 13.2. The Morgan fingerprint density at radius 1 is 0.714 bits per heavy atom. The summed E-state index contributed by atoms with van der Waals surface area (Å²) >= 11 is 0. The lowest BCUT2D eigenvalue weighted by atomic mass is 10.0. The van der Waals surface area contributed by atoms with Crippen LogP contribution in [0.3, 0.4) is 0 Å². The van der Waals surface area contributed by atoms with Gasteiger partial charge >= 0.3 is 0 Å². The van der Waals surface area contributed by atoms with Crippen molar-refractivity contribution >= 4 is 0 Å². The molecular formula is C12H24F2. The maximum Gasteiger partial charge on any atom is 0.248 e. The second kappa shape index (κ2) is 8.19. The van der Waals surface area contributed by atoms with Gasteiger partial charge in [-0.15, -0.1) is 0 Å². The van der Waals surface area contributed by atoms with Gasteiger partial charge in [0.15, 0.2) is 0 Å². The Morgan fingerprint density at radius 2 is 1.14 bits per heavy atom. The smallest absolute Gasteiger partial charge is 0.207 e. The molecule has 0 aliphatic carbocycles. The van der Waals surface area contributed by atoms with E-state index < -0.39 is 5.92 Å². The van der Waals surface area contributed by atoms with E-state index in [4.69, 9.17) is 0 Å². The summed E-state index contributed by atoms with van der Waals surface area (Å²) in [5, 5.41) is 0. The van der Waals surface area contributed by atoms with Crippen LogP contribution in [0.25, 0.3) is 0 Å². The molecular weight excluding hydrogens is 182 g/mol. The Hall–Kier alpha value is -0.140. The van der Waals surface area contributed by atoms with Gasteiger partial charge in [-0.05, 0) is 12.8 Å². The summed E-state index contributed by atoms with van der Waals surface area (Å²) in [5.41, 5.74) is 0. The van der Waals surface area contributed by atoms with Crippen LogP contribution in [-0.2, 0) is 0 Å². The van der Waals surface area contributed by atoms with Crippen LogP contribution in [0.2, 0.25) is 0 Å². The van der Waals surface area contributed by atoms with E-state index in [0.29, 0.717) is 12.8 Å². The molecule has 86 valence electrons. The van der Waals surface area contributed by atoms with Gasteiger partial charge in [-0.1, -0.05) is 46.0 Å². The molecule has 0 unspecified atom stereocenters. The Morgan fingerprint density at radius 3 is 1.64 bits per heavy atom. The van der Waals surface area contributed by atoms with Gasteiger partial charge in [-0.3, -0.25) is 0 Å². The summed E-state index contributed by atoms with van der Waals surface area (Å²) in [6.45, 7) is 4.14. The normalized spacial score (nSPS) is 12.0. The first-order valence-corrected chi connectivity index (χ1v) is 6.00. The number of hydrogen-bond donors (Lipinski definition) is 0. The third-order valence-electron chi connectivity index (χ3n) is 2.54. The van der Waals surface area contributed by atoms with Crippen LogP contribution in [0.5, 0.6) is 0 Å². The minimum Gasteiger partial charge on any atom is -0.207 e. The van der Waals surface area contributed by atoms with Gasteiger partial charge < -0.3 is 0 Å². The van der Waals surface area contributed by atoms with Gasteiger partial charge in [0, 0.05) is 12.8 Å². The highest BCUT2D eigenvalue weighted by molar-refractivity contribution is 4.66. The Kier molecular flexibility index (Phi) is 8.11. The lowest BCUT2D eigenvalue weighted by Crippen LogP contribution is -2.15. The van der Waals surface area contributed by atoms with E-state index in [2.05, 4.69) is 6.92 Å². The quantitative estimate of drug-likeness (QED) is 0.456. The predicted molar refractivity (Wildman–Crippen MR) is 57.8 cm³/mol. The largest absolute Gasteiger partial charge is 0.248 e. The molecule has 0 heterocycles. The number of alkyl halides is 2. The second-order valence-corrected chi connectivity index (χ2v) is 4.12. The summed E-state index contributed by atoms with van der Waals surface area (Å²) < 4.78 is 26.3. The average molecular weight is 206 g/mol. The van der Waals surface area contributed by atoms with Crippen LogP contribution in [0.4, 0.5) is 8.78 Å². The molecule has 2 heteroatoms. The van der Waals surface area contributed by atoms with Crippen molar-refractivity contribution in [3.63, 3.8) is 0 Å². The van der Waals surface area contributed by atoms with Crippen molar-refractivity contribution in [3.8, 4) is 0 Å². The summed E-state index contributed by atoms with van der Waals surface area (Å²) in [6.07, 6.45) is 6.66. The van der Waals surface area contributed by atoms with Gasteiger partial charge in [-0.25, -0.2) is 8.78 Å². The van der Waals surface area contributed by atoms with Crippen molar-refractivity contribution in [2.75, 3.05) is 0 Å². The van der Waals surface area contributed by atoms with Crippen molar-refractivity contribution in [1.29, 1.82) is 0 Å². The summed E-state index contributed by atoms with van der Waals surface area (Å²) in [6, 6.07) is 0. The molecule has 0 aromatic rings. The molecule has 0 aliphatic heterocycles. The molecule has 14 heavy (non-hydrogen) atoms. The molecule has 0 saturated carbocycles. The van der Waals surface area contributed by atoms with Gasteiger partial charge in [-0.2, -0.15) is 0 Å². The van der Waals surface area contributed by atoms with Gasteiger partial charge in [0.25, 0.3) is 0 Å². The lowest BCUT2D eigenvalue weighted by Gasteiger charge is -2.15. The fraction of sp³-hybridized carbons (Fsp3) is 1.00. The van der Waals surface area contributed by atoms with E-state index in [1.165, 1.54) is 0 Å². The van der Waals surface area contributed by atoms with Gasteiger partial charge in [0.2, 0.25) is 5.92 Å². The molecule has 0 spiro atoms. The molecule has 0 saturated heterocycles. The molecule has 0 rings (SSSR count). The molecule has 0 atom stereocenters. The van der Waals surface area contributed by atoms with Crippen LogP contribution in [0.15, 0.2) is 0 Å². The van der Waals surface area contributed by atoms with Crippen LogP contribution in [0.1, 0.15) is 71.6 Å². The van der Waals surface area contributed by atoms with Crippen molar-refractivity contribution in [1.82, 2.24) is 0 Å². The fourth-order valence-corrected chi connectivity index (χ4v) is 1.57. The molecule has 0 nitrogen and oxygen atoms in total. The van der Waals surface area contributed by atoms with Crippen molar-refractivity contribution in [3.05, 3.63) is 0 Å². The van der Waals surface area contributed by atoms with Crippen LogP contribution >= 0.6 is 0 Å². The first kappa shape index (κ1) is 13.9. The maximum atomic E-state index is 13.2. The molecule has 0 bridgehead atoms. The number of hydrogen-bond acceptors (Lipinski definition) is 0. The monoisotopic (exact) mass is 206 g/mol. The first-order chi connectivity index (χ1) is 6.62. The van der Waals surface area contributed by atoms with Crippen molar-refractivity contribution in [2.45, 2.75) is 77.6 Å². The second-order valence-electron chi connectivity index (χ2n) is 4.12. The third-order valence-corrected chi connectivity index (χ3v) is 2.54. The van der Waals surface area contributed by atoms with E-state index in [9.17, 15) is 8.78 Å². The summed E-state index contributed by atoms with van der Waals surface area (Å²) in [5.74, 6) is -2.40. The van der Waals surface area contributed by atoms with Crippen molar-refractivity contribution in [2.24, 2.45) is 0 Å². The molecule has 0 aromatic carbocycles. The number of rotatable bonds is 9. The summed E-state index contributed by atoms with van der Waals surface area (Å²) in [4.78, 5) is 0. The minimum atomic E-state index is -2.40. The first-order valence-electron chi connectivity index (χ1n) is 6.00. The van der Waals surface area contributed by atoms with Crippen LogP contribution < -0.4 is 0 Å². The van der Waals surface area contributed by atoms with Crippen molar-refractivity contribution < 1.29 is 8.78 Å². The highest BCUT2D eigenvalue weighted by atomic mass is 19.3. The van der Waals surface area contributed by atoms with E-state index in [1.54, 1.807) is 0 Å². The van der Waals surface area contributed by atoms with E-state index in [0.717, 1.165) is 32.1 Å². The molecule has 0 aliphatic rings. The zero-order chi connectivity index (χ0) is 10.9. The van der Waals surface area contributed by atoms with Gasteiger partial charge in [0.1, 0.15) is 0 Å². The molecule has 0 fully saturated rings. The zero-order valence-corrected chi connectivity index (χ0v) is 9.62. The average Bonchev–Trinajstić information content (AvgIpc) is 2.13. The predicted octanol–water partition coefficient (Wildman–Crippen LogP) is 5.17. The Bertz CT molecular complexity index is 121. The topological polar surface area (TPSA) is 0 Å². The number of halogens is 2. The van der Waals surface area contributed by atoms with E-state index >= 15 is 0 Å². The van der Waals surface area contributed by atoms with Crippen LogP contribution in [-0.4, -0.2) is 5.92 Å². The zero-order valence-electron chi connectivity index (χ0n) is 9.62. The summed E-state index contributed by atoms with van der Waals surface area (Å²) in [7, 11) is 0. The van der Waals surface area contributed by atoms with Crippen LogP contribution in [0, 0.1) is 0 Å². The standard InChI is InChI=1S/C12H24F2/c1-3-5-7-9-11-12(13,14)10-8-6-4-2/h3-11H2,1-2H3. The molecule has 0 N–H and O–H groups in total. The Labute approximate surface area is 87.1 Å². The Balaban J connectivity index is 3.40. The molecule has 0 amide bonds. The third kappa shape index (κ3) is 8.46. The number of unbranched alkanes of at least 4 members (excludes halogenated alkanes) is 5. The van der Waals surface area contributed by atoms with Gasteiger partial charge in [0.05, 0.1) is 0 Å². The highest BCUT2D eigenvalue weighted by Gasteiger charge is 2.26. The van der Waals surface area contributed by atoms with E-state index in [-0.39, 0.29) is 12.8 Å². The highest BCUT2D eigenvalue weighted by Crippen LogP contribution is 2.28. The lowest BCUT2D eigenvalue weighted by molar-refractivity contribution is -0.0205. The fourth-order valence-electron chi connectivity index (χ4n) is 1.57. The minimum absolute atomic E-state index is 0.0902.